The van der Waals surface area contributed by atoms with E-state index in [-0.39, 0.29) is 46.8 Å². The van der Waals surface area contributed by atoms with Gasteiger partial charge < -0.3 is 32.0 Å². The van der Waals surface area contributed by atoms with E-state index < -0.39 is 35.9 Å². The number of anilines is 1. The number of piperidine rings is 1. The number of hydrogen-bond donors (Lipinski definition) is 6. The van der Waals surface area contributed by atoms with Gasteiger partial charge in [0.1, 0.15) is 12.1 Å². The Morgan fingerprint density at radius 2 is 1.73 bits per heavy atom. The van der Waals surface area contributed by atoms with Crippen molar-refractivity contribution in [2.75, 3.05) is 18.4 Å². The molecule has 4 amide bonds. The second-order valence-electron chi connectivity index (χ2n) is 14.3. The van der Waals surface area contributed by atoms with Crippen LogP contribution in [0.5, 0.6) is 0 Å². The van der Waals surface area contributed by atoms with Crippen molar-refractivity contribution < 1.29 is 41.1 Å². The molecule has 2 atom stereocenters. The van der Waals surface area contributed by atoms with E-state index in [9.17, 15) is 41.1 Å². The van der Waals surface area contributed by atoms with Crippen LogP contribution in [0.15, 0.2) is 60.7 Å². The first-order chi connectivity index (χ1) is 26.1. The smallest absolute Gasteiger partial charge is 0.354 e. The van der Waals surface area contributed by atoms with E-state index in [0.717, 1.165) is 36.0 Å². The highest BCUT2D eigenvalue weighted by Crippen LogP contribution is 2.43. The van der Waals surface area contributed by atoms with Crippen molar-refractivity contribution >= 4 is 40.3 Å². The van der Waals surface area contributed by atoms with Gasteiger partial charge >= 0.3 is 12.1 Å². The first kappa shape index (κ1) is 39.3. The molecule has 4 aromatic rings. The highest BCUT2D eigenvalue weighted by atomic mass is 19.4. The number of halogens is 5. The second kappa shape index (κ2) is 16.2. The number of imidazole rings is 1. The maximum Gasteiger partial charge on any atom is 0.461 e. The summed E-state index contributed by atoms with van der Waals surface area (Å²) >= 11 is 0. The summed E-state index contributed by atoms with van der Waals surface area (Å²) in [5.41, 5.74) is 9.09. The molecule has 11 nitrogen and oxygen atoms in total. The molecule has 2 heterocycles. The number of fused-ring (bicyclic) bond motifs is 1. The Labute approximate surface area is 313 Å². The van der Waals surface area contributed by atoms with E-state index in [1.165, 1.54) is 18.2 Å². The molecule has 1 saturated heterocycles. The van der Waals surface area contributed by atoms with Gasteiger partial charge in [0.05, 0.1) is 11.0 Å². The van der Waals surface area contributed by atoms with Crippen molar-refractivity contribution in [1.82, 2.24) is 25.9 Å². The number of nitrogens with one attached hydrogen (secondary N) is 5. The first-order valence-corrected chi connectivity index (χ1v) is 18.2. The molecule has 55 heavy (non-hydrogen) atoms. The Morgan fingerprint density at radius 1 is 0.964 bits per heavy atom. The van der Waals surface area contributed by atoms with Crippen LogP contribution in [0.4, 0.5) is 27.6 Å². The van der Waals surface area contributed by atoms with E-state index in [2.05, 4.69) is 26.3 Å². The van der Waals surface area contributed by atoms with Crippen molar-refractivity contribution in [3.63, 3.8) is 0 Å². The van der Waals surface area contributed by atoms with Crippen LogP contribution in [0.25, 0.3) is 22.2 Å². The molecule has 292 valence electrons. The van der Waals surface area contributed by atoms with Gasteiger partial charge in [0.2, 0.25) is 17.7 Å². The molecule has 1 aliphatic carbocycles. The normalized spacial score (nSPS) is 19.7. The van der Waals surface area contributed by atoms with Gasteiger partial charge in [-0.15, -0.1) is 0 Å². The minimum atomic E-state index is -5.86. The van der Waals surface area contributed by atoms with Gasteiger partial charge in [-0.2, -0.15) is 22.0 Å². The number of hydrogen-bond acceptors (Lipinski definition) is 6. The summed E-state index contributed by atoms with van der Waals surface area (Å²) in [6.45, 7) is 2.96. The topological polar surface area (TPSA) is 171 Å². The predicted octanol–water partition coefficient (Wildman–Crippen LogP) is 5.63. The fourth-order valence-corrected chi connectivity index (χ4v) is 7.14. The van der Waals surface area contributed by atoms with Crippen molar-refractivity contribution in [3.8, 4) is 11.1 Å². The van der Waals surface area contributed by atoms with Crippen molar-refractivity contribution in [3.05, 3.63) is 83.2 Å². The lowest BCUT2D eigenvalue weighted by Crippen LogP contribution is -2.50. The molecular formula is C39H42F5N7O4. The number of carbonyl (C=O) groups excluding carboxylic acids is 4. The van der Waals surface area contributed by atoms with Crippen LogP contribution in [-0.4, -0.2) is 64.9 Å². The molecule has 0 spiro atoms. The summed E-state index contributed by atoms with van der Waals surface area (Å²) in [6.07, 6.45) is -1.69. The summed E-state index contributed by atoms with van der Waals surface area (Å²) in [7, 11) is 0. The predicted molar refractivity (Wildman–Crippen MR) is 195 cm³/mol. The number of aryl methyl sites for hydroxylation is 1. The second-order valence-corrected chi connectivity index (χ2v) is 14.3. The molecule has 6 rings (SSSR count). The summed E-state index contributed by atoms with van der Waals surface area (Å²) < 4.78 is 66.9. The lowest BCUT2D eigenvalue weighted by molar-refractivity contribution is -0.292. The number of aromatic nitrogens is 2. The Bertz CT molecular complexity index is 2080. The van der Waals surface area contributed by atoms with E-state index in [1.54, 1.807) is 30.3 Å². The van der Waals surface area contributed by atoms with Gasteiger partial charge in [-0.1, -0.05) is 30.3 Å². The maximum atomic E-state index is 14.0. The number of amides is 4. The number of rotatable bonds is 11. The molecule has 2 fully saturated rings. The number of carbonyl (C=O) groups is 4. The third-order valence-electron chi connectivity index (χ3n) is 10.3. The third kappa shape index (κ3) is 8.96. The minimum Gasteiger partial charge on any atom is -0.354 e. The monoisotopic (exact) mass is 767 g/mol. The molecule has 1 aromatic heterocycles. The Hall–Kier alpha value is -5.38. The lowest BCUT2D eigenvalue weighted by Gasteiger charge is -2.28. The van der Waals surface area contributed by atoms with Gasteiger partial charge in [-0.25, -0.2) is 4.98 Å². The van der Waals surface area contributed by atoms with Crippen LogP contribution in [0.3, 0.4) is 0 Å². The average Bonchev–Trinajstić information content (AvgIpc) is 3.59. The number of benzene rings is 3. The fourth-order valence-electron chi connectivity index (χ4n) is 7.14. The lowest BCUT2D eigenvalue weighted by atomic mass is 9.81. The Balaban J connectivity index is 1.21. The first-order valence-electron chi connectivity index (χ1n) is 18.2. The SMILES string of the molecule is Cc1cc(C(=O)N[C@@H]2CCCNC2=O)ccc1-c1cccc(C[C@H](NC(=O)[C@H]2CC[C@H](CN)CC2)C(=O)Nc2ccc3nc(C(F)(F)C(F)(F)F)[nH]c3c2)c1. The van der Waals surface area contributed by atoms with Crippen molar-refractivity contribution in [2.24, 2.45) is 17.6 Å². The molecule has 0 bridgehead atoms. The fraction of sp³-hybridized carbons (Fsp3) is 0.410. The standard InChI is InChI=1S/C39H42F5N7O4/c1-21-16-26(34(53)48-30-6-3-15-46-35(30)54)11-13-28(21)25-5-2-4-23(17-25)18-32(49-33(52)24-9-7-22(20-45)8-10-24)36(55)47-27-12-14-29-31(19-27)51-37(50-29)38(40,41)39(42,43)44/h2,4-5,11-14,16-17,19,22,24,30,32H,3,6-10,15,18,20,45H2,1H3,(H,46,54)(H,47,55)(H,48,53)(H,49,52)(H,50,51)/t22-,24-,30-,32+/m1/s1. The van der Waals surface area contributed by atoms with Crippen LogP contribution < -0.4 is 27.0 Å². The summed E-state index contributed by atoms with van der Waals surface area (Å²) in [4.78, 5) is 57.9. The van der Waals surface area contributed by atoms with Crippen molar-refractivity contribution in [2.45, 2.75) is 76.1 Å². The molecule has 0 unspecified atom stereocenters. The van der Waals surface area contributed by atoms with Crippen LogP contribution in [0, 0.1) is 18.8 Å². The molecule has 1 aliphatic heterocycles. The molecule has 2 aliphatic rings. The number of nitrogens with two attached hydrogens (primary N) is 1. The number of aromatic amines is 1. The minimum absolute atomic E-state index is 0.0564. The summed E-state index contributed by atoms with van der Waals surface area (Å²) in [6, 6.07) is 14.6. The number of H-pyrrole nitrogens is 1. The van der Waals surface area contributed by atoms with Crippen molar-refractivity contribution in [1.29, 1.82) is 0 Å². The van der Waals surface area contributed by atoms with E-state index in [4.69, 9.17) is 5.73 Å². The summed E-state index contributed by atoms with van der Waals surface area (Å²) in [5.74, 6) is -8.30. The molecule has 0 radical (unpaired) electrons. The number of nitrogens with zero attached hydrogens (tertiary/aromatic N) is 1. The zero-order valence-corrected chi connectivity index (χ0v) is 30.0. The van der Waals surface area contributed by atoms with Gasteiger partial charge in [0.25, 0.3) is 5.91 Å². The van der Waals surface area contributed by atoms with E-state index in [0.29, 0.717) is 49.4 Å². The van der Waals surface area contributed by atoms with Crippen LogP contribution >= 0.6 is 0 Å². The Kier molecular flexibility index (Phi) is 11.5. The molecule has 3 aromatic carbocycles. The number of alkyl halides is 5. The highest BCUT2D eigenvalue weighted by Gasteiger charge is 2.61. The molecule has 16 heteroatoms. The van der Waals surface area contributed by atoms with Gasteiger partial charge in [0, 0.05) is 30.1 Å². The average molecular weight is 768 g/mol. The molecular weight excluding hydrogens is 725 g/mol. The zero-order chi connectivity index (χ0) is 39.5. The highest BCUT2D eigenvalue weighted by molar-refractivity contribution is 5.99. The van der Waals surface area contributed by atoms with Crippen LogP contribution in [0.2, 0.25) is 0 Å². The molecule has 1 saturated carbocycles. The van der Waals surface area contributed by atoms with Gasteiger partial charge in [-0.05, 0) is 110 Å². The third-order valence-corrected chi connectivity index (χ3v) is 10.3. The van der Waals surface area contributed by atoms with E-state index >= 15 is 0 Å². The largest absolute Gasteiger partial charge is 0.461 e. The van der Waals surface area contributed by atoms with Crippen LogP contribution in [0.1, 0.15) is 65.8 Å². The summed E-state index contributed by atoms with van der Waals surface area (Å²) in [5, 5.41) is 11.1. The van der Waals surface area contributed by atoms with Crippen LogP contribution in [-0.2, 0) is 26.7 Å². The van der Waals surface area contributed by atoms with Gasteiger partial charge in [-0.3, -0.25) is 19.2 Å². The quantitative estimate of drug-likeness (QED) is 0.108. The van der Waals surface area contributed by atoms with E-state index in [1.807, 2.05) is 24.0 Å². The maximum absolute atomic E-state index is 14.0. The van der Waals surface area contributed by atoms with Gasteiger partial charge in [0.15, 0.2) is 5.82 Å². The molecule has 7 N–H and O–H groups in total. The zero-order valence-electron chi connectivity index (χ0n) is 30.0. The Morgan fingerprint density at radius 3 is 2.42 bits per heavy atom.